The molecule has 0 rings (SSSR count). The van der Waals surface area contributed by atoms with Crippen LogP contribution < -0.4 is 0 Å². The summed E-state index contributed by atoms with van der Waals surface area (Å²) in [6, 6.07) is 0. The van der Waals surface area contributed by atoms with Gasteiger partial charge in [0.15, 0.2) is 0 Å². The molecular weight excluding hydrogens is 397 g/mol. The summed E-state index contributed by atoms with van der Waals surface area (Å²) in [4.78, 5) is 0. The van der Waals surface area contributed by atoms with Crippen molar-refractivity contribution in [1.82, 2.24) is 0 Å². The fourth-order valence-corrected chi connectivity index (χ4v) is 0. The van der Waals surface area contributed by atoms with Crippen LogP contribution in [-0.4, -0.2) is 46.1 Å². The van der Waals surface area contributed by atoms with Gasteiger partial charge in [-0.05, 0) is 0 Å². The maximum absolute atomic E-state index is 8.82. The molecule has 0 aromatic rings. The van der Waals surface area contributed by atoms with E-state index in [1.165, 1.54) is 0 Å². The average molecular weight is 401 g/mol. The summed E-state index contributed by atoms with van der Waals surface area (Å²) in [5, 5.41) is 0. The van der Waals surface area contributed by atoms with Gasteiger partial charge in [0.2, 0.25) is 0 Å². The summed E-state index contributed by atoms with van der Waals surface area (Å²) in [5.41, 5.74) is 0. The summed E-state index contributed by atoms with van der Waals surface area (Å²) in [6.07, 6.45) is 0. The molecule has 0 unspecified atom stereocenters. The Hall–Kier alpha value is 3.38. The monoisotopic (exact) mass is 401 g/mol. The van der Waals surface area contributed by atoms with Crippen molar-refractivity contribution in [1.29, 1.82) is 0 Å². The molecular formula is H4CaCdCrCuO4Zn. The minimum Gasteiger partial charge on any atom is 0 e. The van der Waals surface area contributed by atoms with Crippen molar-refractivity contribution < 1.29 is 93.4 Å². The van der Waals surface area contributed by atoms with Gasteiger partial charge in [0, 0.05) is 63.8 Å². The van der Waals surface area contributed by atoms with E-state index in [1.54, 1.807) is 0 Å². The van der Waals surface area contributed by atoms with Crippen molar-refractivity contribution in [2.24, 2.45) is 0 Å². The fourth-order valence-electron chi connectivity index (χ4n) is 0. The second kappa shape index (κ2) is 13.9. The van der Waals surface area contributed by atoms with E-state index >= 15 is 0 Å². The smallest absolute Gasteiger partial charge is 0 e. The Morgan fingerprint density at radius 2 is 1.11 bits per heavy atom. The van der Waals surface area contributed by atoms with Crippen molar-refractivity contribution >= 4 is 37.7 Å². The predicted octanol–water partition coefficient (Wildman–Crippen LogP) is -2.28. The SMILES string of the molecule is [CaH2].[Cd].[Cu].[O]=[Cr](=[O])([OH])[OH].[Zn]. The normalized spacial score (nSPS) is 6.44. The first-order valence-corrected chi connectivity index (χ1v) is 2.88. The molecule has 0 amide bonds. The molecule has 0 atom stereocenters. The first-order valence-electron chi connectivity index (χ1n) is 0.698. The van der Waals surface area contributed by atoms with E-state index in [0.717, 1.165) is 0 Å². The van der Waals surface area contributed by atoms with Gasteiger partial charge in [0.05, 0.1) is 0 Å². The molecule has 9 heavy (non-hydrogen) atoms. The van der Waals surface area contributed by atoms with Crippen LogP contribution in [0.4, 0.5) is 0 Å². The van der Waals surface area contributed by atoms with Gasteiger partial charge in [-0.25, -0.2) is 0 Å². The zero-order chi connectivity index (χ0) is 4.50. The third kappa shape index (κ3) is 87.7. The number of hydrogen-bond acceptors (Lipinski definition) is 2. The summed E-state index contributed by atoms with van der Waals surface area (Å²) < 4.78 is 31.9. The molecule has 0 aliphatic rings. The summed E-state index contributed by atoms with van der Waals surface area (Å²) in [6.45, 7) is 0. The van der Waals surface area contributed by atoms with Crippen LogP contribution in [0, 0.1) is 0 Å². The average Bonchev–Trinajstić information content (AvgIpc) is 0.722. The molecule has 0 aliphatic carbocycles. The Bertz CT molecular complexity index is 104. The predicted molar refractivity (Wildman–Crippen MR) is 14.4 cm³/mol. The molecule has 0 saturated carbocycles. The minimum absolute atomic E-state index is 0. The van der Waals surface area contributed by atoms with Crippen LogP contribution in [0.3, 0.4) is 0 Å². The summed E-state index contributed by atoms with van der Waals surface area (Å²) >= 11 is -5.25. The maximum atomic E-state index is 8.82. The van der Waals surface area contributed by atoms with Crippen LogP contribution in [-0.2, 0) is 85.1 Å². The van der Waals surface area contributed by atoms with E-state index in [-0.39, 0.29) is 102 Å². The molecule has 1 radical (unpaired) electrons. The van der Waals surface area contributed by atoms with E-state index in [1.807, 2.05) is 0 Å². The van der Waals surface area contributed by atoms with Gasteiger partial charge in [-0.1, -0.05) is 0 Å². The Labute approximate surface area is 128 Å². The van der Waals surface area contributed by atoms with Crippen molar-refractivity contribution in [2.75, 3.05) is 0 Å². The molecule has 0 fully saturated rings. The molecule has 9 heteroatoms. The zero-order valence-corrected chi connectivity index (χ0v) is 13.1. The van der Waals surface area contributed by atoms with Crippen LogP contribution in [0.25, 0.3) is 0 Å². The van der Waals surface area contributed by atoms with Gasteiger partial charge in [0.25, 0.3) is 0 Å². The number of hydrogen-bond donors (Lipinski definition) is 2. The topological polar surface area (TPSA) is 74.6 Å². The second-order valence-electron chi connectivity index (χ2n) is 0.448. The minimum atomic E-state index is -5.25. The van der Waals surface area contributed by atoms with Crippen molar-refractivity contribution in [2.45, 2.75) is 0 Å². The van der Waals surface area contributed by atoms with Gasteiger partial charge in [-0.15, -0.1) is 0 Å². The van der Waals surface area contributed by atoms with Crippen LogP contribution in [0.1, 0.15) is 0 Å². The zero-order valence-electron chi connectivity index (χ0n) is 3.83. The van der Waals surface area contributed by atoms with Crippen molar-refractivity contribution in [3.05, 3.63) is 0 Å². The Balaban J connectivity index is -0.0000000133. The third-order valence-corrected chi connectivity index (χ3v) is 0. The van der Waals surface area contributed by atoms with E-state index < -0.39 is 13.6 Å². The Morgan fingerprint density at radius 3 is 1.11 bits per heavy atom. The van der Waals surface area contributed by atoms with Gasteiger partial charge < -0.3 is 0 Å². The van der Waals surface area contributed by atoms with Gasteiger partial charge in [-0.3, -0.25) is 0 Å². The fraction of sp³-hybridized carbons (Fsp3) is 0. The van der Waals surface area contributed by atoms with Crippen LogP contribution >= 0.6 is 0 Å². The van der Waals surface area contributed by atoms with Gasteiger partial charge >= 0.3 is 67.3 Å². The molecule has 4 nitrogen and oxygen atoms in total. The van der Waals surface area contributed by atoms with Crippen LogP contribution in [0.15, 0.2) is 0 Å². The maximum Gasteiger partial charge on any atom is 0 e. The molecule has 0 spiro atoms. The van der Waals surface area contributed by atoms with Crippen molar-refractivity contribution in [3.63, 3.8) is 0 Å². The molecule has 0 aliphatic heterocycles. The van der Waals surface area contributed by atoms with Crippen LogP contribution in [0.5, 0.6) is 0 Å². The molecule has 0 aromatic carbocycles. The standard InChI is InChI=1S/Ca.Cd.Cr.Cu.2H2O.2O.Zn.2H/h;;;;2*1H2;;;;;/q;;+2;;;;;;;;/p-2. The van der Waals surface area contributed by atoms with E-state index in [4.69, 9.17) is 15.9 Å². The molecule has 0 heterocycles. The van der Waals surface area contributed by atoms with Crippen molar-refractivity contribution in [3.8, 4) is 0 Å². The first kappa shape index (κ1) is 29.4. The molecule has 51 valence electrons. The van der Waals surface area contributed by atoms with E-state index in [2.05, 4.69) is 0 Å². The van der Waals surface area contributed by atoms with E-state index in [9.17, 15) is 0 Å². The third-order valence-electron chi connectivity index (χ3n) is 0. The second-order valence-corrected chi connectivity index (χ2v) is 1.85. The van der Waals surface area contributed by atoms with Gasteiger partial charge in [0.1, 0.15) is 0 Å². The molecule has 0 aromatic heterocycles. The van der Waals surface area contributed by atoms with Gasteiger partial charge in [-0.2, -0.15) is 0 Å². The van der Waals surface area contributed by atoms with E-state index in [0.29, 0.717) is 0 Å². The molecule has 0 saturated heterocycles. The van der Waals surface area contributed by atoms with Crippen LogP contribution in [0.2, 0.25) is 0 Å². The first-order chi connectivity index (χ1) is 2.00. The largest absolute Gasteiger partial charge is 0 e. The Morgan fingerprint density at radius 1 is 1.11 bits per heavy atom. The molecule has 0 bridgehead atoms. The quantitative estimate of drug-likeness (QED) is 0.449. The number of rotatable bonds is 0. The summed E-state index contributed by atoms with van der Waals surface area (Å²) in [5.74, 6) is 0. The molecule has 2 N–H and O–H groups in total. The summed E-state index contributed by atoms with van der Waals surface area (Å²) in [7, 11) is 0. The Kier molecular flexibility index (Phi) is 45.6.